The minimum atomic E-state index is -0.277. The lowest BCUT2D eigenvalue weighted by atomic mass is 9.93. The standard InChI is InChI=1S/C21H25N3O/c1-23(2)19-15-16(10-13-22-19)18-9-6-14-24(18)20(25)21(11-12-21)17-7-4-3-5-8-17/h3-5,7-8,10,13,15,18H,6,9,11-12,14H2,1-2H3. The number of benzene rings is 1. The number of hydrogen-bond acceptors (Lipinski definition) is 3. The van der Waals surface area contributed by atoms with Gasteiger partial charge in [-0.25, -0.2) is 4.98 Å². The summed E-state index contributed by atoms with van der Waals surface area (Å²) in [4.78, 5) is 22.0. The van der Waals surface area contributed by atoms with Crippen LogP contribution in [0.15, 0.2) is 48.7 Å². The molecule has 2 aliphatic rings. The highest BCUT2D eigenvalue weighted by molar-refractivity contribution is 5.91. The maximum Gasteiger partial charge on any atom is 0.233 e. The third-order valence-electron chi connectivity index (χ3n) is 5.61. The number of hydrogen-bond donors (Lipinski definition) is 0. The van der Waals surface area contributed by atoms with Gasteiger partial charge in [0.25, 0.3) is 0 Å². The Labute approximate surface area is 149 Å². The van der Waals surface area contributed by atoms with Crippen LogP contribution in [-0.4, -0.2) is 36.4 Å². The lowest BCUT2D eigenvalue weighted by Gasteiger charge is -2.30. The summed E-state index contributed by atoms with van der Waals surface area (Å²) in [6.07, 6.45) is 5.90. The summed E-state index contributed by atoms with van der Waals surface area (Å²) in [6, 6.07) is 14.7. The minimum Gasteiger partial charge on any atom is -0.363 e. The Hall–Kier alpha value is -2.36. The van der Waals surface area contributed by atoms with Gasteiger partial charge in [-0.15, -0.1) is 0 Å². The SMILES string of the molecule is CN(C)c1cc(C2CCCN2C(=O)C2(c3ccccc3)CC2)ccn1. The van der Waals surface area contributed by atoms with E-state index in [0.717, 1.165) is 38.0 Å². The number of aromatic nitrogens is 1. The Morgan fingerprint density at radius 1 is 1.20 bits per heavy atom. The molecular formula is C21H25N3O. The summed E-state index contributed by atoms with van der Waals surface area (Å²) in [6.45, 7) is 0.859. The number of amides is 1. The first kappa shape index (κ1) is 16.1. The Morgan fingerprint density at radius 2 is 1.96 bits per heavy atom. The molecule has 25 heavy (non-hydrogen) atoms. The molecule has 0 radical (unpaired) electrons. The predicted molar refractivity (Wildman–Crippen MR) is 99.6 cm³/mol. The summed E-state index contributed by atoms with van der Waals surface area (Å²) >= 11 is 0. The van der Waals surface area contributed by atoms with Gasteiger partial charge in [0, 0.05) is 26.8 Å². The van der Waals surface area contributed by atoms with E-state index in [1.165, 1.54) is 11.1 Å². The number of likely N-dealkylation sites (tertiary alicyclic amines) is 1. The first-order chi connectivity index (χ1) is 12.1. The van der Waals surface area contributed by atoms with E-state index in [-0.39, 0.29) is 11.5 Å². The highest BCUT2D eigenvalue weighted by atomic mass is 16.2. The van der Waals surface area contributed by atoms with Crippen molar-refractivity contribution in [3.8, 4) is 0 Å². The van der Waals surface area contributed by atoms with Crippen LogP contribution >= 0.6 is 0 Å². The average molecular weight is 335 g/mol. The zero-order chi connectivity index (χ0) is 17.4. The first-order valence-electron chi connectivity index (χ1n) is 9.12. The predicted octanol–water partition coefficient (Wildman–Crippen LogP) is 3.54. The van der Waals surface area contributed by atoms with Crippen LogP contribution in [0, 0.1) is 0 Å². The third kappa shape index (κ3) is 2.80. The highest BCUT2D eigenvalue weighted by Gasteiger charge is 2.54. The second-order valence-electron chi connectivity index (χ2n) is 7.45. The lowest BCUT2D eigenvalue weighted by molar-refractivity contribution is -0.135. The van der Waals surface area contributed by atoms with Crippen LogP contribution in [0.25, 0.3) is 0 Å². The van der Waals surface area contributed by atoms with E-state index in [4.69, 9.17) is 0 Å². The van der Waals surface area contributed by atoms with E-state index >= 15 is 0 Å². The Bertz CT molecular complexity index is 768. The molecule has 0 N–H and O–H groups in total. The van der Waals surface area contributed by atoms with Gasteiger partial charge in [0.15, 0.2) is 0 Å². The Kier molecular flexibility index (Phi) is 3.98. The number of anilines is 1. The summed E-state index contributed by atoms with van der Waals surface area (Å²) in [5, 5.41) is 0. The summed E-state index contributed by atoms with van der Waals surface area (Å²) in [5.74, 6) is 1.26. The molecule has 4 heteroatoms. The number of rotatable bonds is 4. The highest BCUT2D eigenvalue weighted by Crippen LogP contribution is 2.51. The average Bonchev–Trinajstić information content (AvgIpc) is 3.32. The molecule has 1 saturated heterocycles. The number of pyridine rings is 1. The fourth-order valence-corrected chi connectivity index (χ4v) is 4.03. The second kappa shape index (κ2) is 6.17. The zero-order valence-corrected chi connectivity index (χ0v) is 15.0. The molecular weight excluding hydrogens is 310 g/mol. The van der Waals surface area contributed by atoms with Gasteiger partial charge >= 0.3 is 0 Å². The summed E-state index contributed by atoms with van der Waals surface area (Å²) < 4.78 is 0. The van der Waals surface area contributed by atoms with E-state index in [0.29, 0.717) is 5.91 Å². The molecule has 2 aromatic rings. The fourth-order valence-electron chi connectivity index (χ4n) is 4.03. The van der Waals surface area contributed by atoms with Gasteiger partial charge in [-0.1, -0.05) is 30.3 Å². The van der Waals surface area contributed by atoms with E-state index in [1.54, 1.807) is 0 Å². The van der Waals surface area contributed by atoms with Crippen LogP contribution in [0.5, 0.6) is 0 Å². The van der Waals surface area contributed by atoms with Crippen molar-refractivity contribution < 1.29 is 4.79 Å². The van der Waals surface area contributed by atoms with Crippen LogP contribution < -0.4 is 4.90 Å². The molecule has 1 aliphatic carbocycles. The molecule has 4 rings (SSSR count). The van der Waals surface area contributed by atoms with Crippen molar-refractivity contribution in [2.24, 2.45) is 0 Å². The van der Waals surface area contributed by atoms with Crippen molar-refractivity contribution in [2.45, 2.75) is 37.1 Å². The quantitative estimate of drug-likeness (QED) is 0.857. The van der Waals surface area contributed by atoms with Crippen LogP contribution in [0.1, 0.15) is 42.9 Å². The monoisotopic (exact) mass is 335 g/mol. The normalized spacial score (nSPS) is 21.2. The van der Waals surface area contributed by atoms with Gasteiger partial charge in [0.05, 0.1) is 11.5 Å². The van der Waals surface area contributed by atoms with Gasteiger partial charge in [0.1, 0.15) is 5.82 Å². The van der Waals surface area contributed by atoms with Gasteiger partial charge in [-0.05, 0) is 48.9 Å². The van der Waals surface area contributed by atoms with E-state index in [1.807, 2.05) is 43.4 Å². The molecule has 0 bridgehead atoms. The van der Waals surface area contributed by atoms with Gasteiger partial charge in [0.2, 0.25) is 5.91 Å². The van der Waals surface area contributed by atoms with Crippen molar-refractivity contribution in [1.29, 1.82) is 0 Å². The minimum absolute atomic E-state index is 0.176. The van der Waals surface area contributed by atoms with Crippen molar-refractivity contribution in [1.82, 2.24) is 9.88 Å². The van der Waals surface area contributed by atoms with Gasteiger partial charge in [-0.2, -0.15) is 0 Å². The molecule has 0 spiro atoms. The second-order valence-corrected chi connectivity index (χ2v) is 7.45. The first-order valence-corrected chi connectivity index (χ1v) is 9.12. The Morgan fingerprint density at radius 3 is 2.64 bits per heavy atom. The zero-order valence-electron chi connectivity index (χ0n) is 15.0. The topological polar surface area (TPSA) is 36.4 Å². The van der Waals surface area contributed by atoms with Crippen molar-refractivity contribution in [2.75, 3.05) is 25.5 Å². The number of nitrogens with zero attached hydrogens (tertiary/aromatic N) is 3. The van der Waals surface area contributed by atoms with Crippen LogP contribution in [0.4, 0.5) is 5.82 Å². The molecule has 1 aliphatic heterocycles. The molecule has 1 aromatic carbocycles. The van der Waals surface area contributed by atoms with Crippen molar-refractivity contribution in [3.63, 3.8) is 0 Å². The van der Waals surface area contributed by atoms with Crippen molar-refractivity contribution in [3.05, 3.63) is 59.8 Å². The molecule has 1 saturated carbocycles. The molecule has 4 nitrogen and oxygen atoms in total. The van der Waals surface area contributed by atoms with Crippen LogP contribution in [0.3, 0.4) is 0 Å². The molecule has 2 fully saturated rings. The summed E-state index contributed by atoms with van der Waals surface area (Å²) in [7, 11) is 4.00. The van der Waals surface area contributed by atoms with E-state index < -0.39 is 0 Å². The molecule has 1 atom stereocenters. The molecule has 1 aromatic heterocycles. The summed E-state index contributed by atoms with van der Waals surface area (Å²) in [5.41, 5.74) is 2.10. The van der Waals surface area contributed by atoms with Gasteiger partial charge in [-0.3, -0.25) is 4.79 Å². The molecule has 130 valence electrons. The number of carbonyl (C=O) groups excluding carboxylic acids is 1. The van der Waals surface area contributed by atoms with E-state index in [2.05, 4.69) is 34.1 Å². The third-order valence-corrected chi connectivity index (χ3v) is 5.61. The largest absolute Gasteiger partial charge is 0.363 e. The number of carbonyl (C=O) groups is 1. The van der Waals surface area contributed by atoms with Crippen molar-refractivity contribution >= 4 is 11.7 Å². The maximum absolute atomic E-state index is 13.4. The Balaban J connectivity index is 1.62. The lowest BCUT2D eigenvalue weighted by Crippen LogP contribution is -2.39. The van der Waals surface area contributed by atoms with E-state index in [9.17, 15) is 4.79 Å². The van der Waals surface area contributed by atoms with Crippen LogP contribution in [0.2, 0.25) is 0 Å². The molecule has 1 amide bonds. The van der Waals surface area contributed by atoms with Crippen LogP contribution in [-0.2, 0) is 10.2 Å². The molecule has 2 heterocycles. The van der Waals surface area contributed by atoms with Gasteiger partial charge < -0.3 is 9.80 Å². The smallest absolute Gasteiger partial charge is 0.233 e. The fraction of sp³-hybridized carbons (Fsp3) is 0.429. The maximum atomic E-state index is 13.4. The molecule has 1 unspecified atom stereocenters.